The van der Waals surface area contributed by atoms with E-state index in [0.717, 1.165) is 11.1 Å². The van der Waals surface area contributed by atoms with Gasteiger partial charge in [-0.1, -0.05) is 12.8 Å². The summed E-state index contributed by atoms with van der Waals surface area (Å²) in [5.74, 6) is 5.72. The second-order valence-electron chi connectivity index (χ2n) is 8.21. The van der Waals surface area contributed by atoms with Gasteiger partial charge in [0.25, 0.3) is 0 Å². The van der Waals surface area contributed by atoms with Gasteiger partial charge in [-0.25, -0.2) is 0 Å². The number of nitrogens with zero attached hydrogens (tertiary/aromatic N) is 1. The molecule has 1 aliphatic carbocycles. The Hall–Kier alpha value is -2.61. The molecule has 0 radical (unpaired) electrons. The Morgan fingerprint density at radius 1 is 1.21 bits per heavy atom. The lowest BCUT2D eigenvalue weighted by atomic mass is 9.63. The van der Waals surface area contributed by atoms with E-state index in [1.165, 1.54) is 0 Å². The summed E-state index contributed by atoms with van der Waals surface area (Å²) in [5, 5.41) is 0. The highest BCUT2D eigenvalue weighted by Crippen LogP contribution is 2.47. The van der Waals surface area contributed by atoms with Gasteiger partial charge in [-0.3, -0.25) is 14.4 Å². The van der Waals surface area contributed by atoms with Gasteiger partial charge in [0.05, 0.1) is 7.11 Å². The Morgan fingerprint density at radius 2 is 1.83 bits per heavy atom. The van der Waals surface area contributed by atoms with Crippen molar-refractivity contribution in [2.45, 2.75) is 58.8 Å². The zero-order chi connectivity index (χ0) is 21.2. The number of likely N-dealkylation sites (tertiary alicyclic amines) is 1. The topological polar surface area (TPSA) is 63.7 Å². The third-order valence-corrected chi connectivity index (χ3v) is 6.40. The number of ketones is 2. The van der Waals surface area contributed by atoms with E-state index >= 15 is 0 Å². The highest BCUT2D eigenvalue weighted by atomic mass is 16.5. The van der Waals surface area contributed by atoms with Crippen LogP contribution in [0.1, 0.15) is 69.1 Å². The van der Waals surface area contributed by atoms with E-state index in [9.17, 15) is 14.4 Å². The van der Waals surface area contributed by atoms with Crippen LogP contribution in [0.3, 0.4) is 0 Å². The maximum absolute atomic E-state index is 13.3. The summed E-state index contributed by atoms with van der Waals surface area (Å²) in [6, 6.07) is 3.78. The molecule has 0 aromatic heterocycles. The molecule has 1 saturated heterocycles. The van der Waals surface area contributed by atoms with Gasteiger partial charge in [-0.05, 0) is 49.3 Å². The van der Waals surface area contributed by atoms with Crippen LogP contribution in [0, 0.1) is 17.3 Å². The first-order chi connectivity index (χ1) is 13.8. The molecule has 5 heteroatoms. The molecule has 2 aliphatic rings. The zero-order valence-corrected chi connectivity index (χ0v) is 17.8. The van der Waals surface area contributed by atoms with Crippen molar-refractivity contribution in [3.63, 3.8) is 0 Å². The highest BCUT2D eigenvalue weighted by Gasteiger charge is 2.48. The molecule has 1 heterocycles. The van der Waals surface area contributed by atoms with Gasteiger partial charge in [-0.2, -0.15) is 0 Å². The average molecular weight is 395 g/mol. The molecule has 2 fully saturated rings. The van der Waals surface area contributed by atoms with Crippen molar-refractivity contribution < 1.29 is 19.1 Å². The fraction of sp³-hybridized carbons (Fsp3) is 0.542. The molecule has 1 aromatic rings. The summed E-state index contributed by atoms with van der Waals surface area (Å²) in [7, 11) is 1.57. The SMILES string of the molecule is CC#Cc1cc(CC)c(C2C(=O)CC3(CCN(C(C)=O)CC3)CC2=O)c(OC)c1. The lowest BCUT2D eigenvalue weighted by molar-refractivity contribution is -0.139. The molecule has 3 rings (SSSR count). The van der Waals surface area contributed by atoms with Gasteiger partial charge in [0, 0.05) is 44.0 Å². The average Bonchev–Trinajstić information content (AvgIpc) is 2.68. The van der Waals surface area contributed by atoms with Crippen molar-refractivity contribution in [3.05, 3.63) is 28.8 Å². The van der Waals surface area contributed by atoms with Crippen LogP contribution in [-0.4, -0.2) is 42.6 Å². The lowest BCUT2D eigenvalue weighted by Crippen LogP contribution is -2.48. The van der Waals surface area contributed by atoms with Crippen LogP contribution in [0.2, 0.25) is 0 Å². The Kier molecular flexibility index (Phi) is 6.12. The molecule has 5 nitrogen and oxygen atoms in total. The molecule has 0 atom stereocenters. The number of carbonyl (C=O) groups excluding carboxylic acids is 3. The first-order valence-electron chi connectivity index (χ1n) is 10.3. The summed E-state index contributed by atoms with van der Waals surface area (Å²) in [4.78, 5) is 39.9. The Balaban J connectivity index is 1.92. The lowest BCUT2D eigenvalue weighted by Gasteiger charge is -2.44. The minimum absolute atomic E-state index is 0.0279. The zero-order valence-electron chi connectivity index (χ0n) is 17.8. The van der Waals surface area contributed by atoms with Crippen LogP contribution in [0.4, 0.5) is 0 Å². The Morgan fingerprint density at radius 3 is 2.31 bits per heavy atom. The molecule has 1 saturated carbocycles. The summed E-state index contributed by atoms with van der Waals surface area (Å²) in [5.41, 5.74) is 2.18. The number of benzene rings is 1. The van der Waals surface area contributed by atoms with Crippen LogP contribution >= 0.6 is 0 Å². The van der Waals surface area contributed by atoms with Crippen molar-refractivity contribution in [1.29, 1.82) is 0 Å². The normalized spacial score (nSPS) is 19.1. The molecule has 1 aliphatic heterocycles. The number of piperidine rings is 1. The predicted molar refractivity (Wildman–Crippen MR) is 111 cm³/mol. The first kappa shape index (κ1) is 21.1. The Bertz CT molecular complexity index is 852. The molecule has 0 N–H and O–H groups in total. The van der Waals surface area contributed by atoms with E-state index in [0.29, 0.717) is 56.5 Å². The van der Waals surface area contributed by atoms with Crippen molar-refractivity contribution in [3.8, 4) is 17.6 Å². The second kappa shape index (κ2) is 8.41. The summed E-state index contributed by atoms with van der Waals surface area (Å²) in [6.45, 7) is 6.59. The van der Waals surface area contributed by atoms with Gasteiger partial charge in [0.1, 0.15) is 23.2 Å². The van der Waals surface area contributed by atoms with E-state index in [-0.39, 0.29) is 22.9 Å². The molecule has 0 unspecified atom stereocenters. The number of rotatable bonds is 3. The second-order valence-corrected chi connectivity index (χ2v) is 8.21. The smallest absolute Gasteiger partial charge is 0.219 e. The molecule has 154 valence electrons. The quantitative estimate of drug-likeness (QED) is 0.582. The van der Waals surface area contributed by atoms with Crippen LogP contribution in [0.5, 0.6) is 5.75 Å². The number of carbonyl (C=O) groups is 3. The molecular weight excluding hydrogens is 366 g/mol. The van der Waals surface area contributed by atoms with E-state index in [4.69, 9.17) is 4.74 Å². The minimum Gasteiger partial charge on any atom is -0.496 e. The number of hydrogen-bond acceptors (Lipinski definition) is 4. The van der Waals surface area contributed by atoms with E-state index in [1.807, 2.05) is 19.1 Å². The number of hydrogen-bond donors (Lipinski definition) is 0. The van der Waals surface area contributed by atoms with E-state index in [1.54, 1.807) is 25.9 Å². The van der Waals surface area contributed by atoms with E-state index in [2.05, 4.69) is 11.8 Å². The van der Waals surface area contributed by atoms with Crippen LogP contribution in [0.15, 0.2) is 12.1 Å². The molecule has 1 spiro atoms. The van der Waals surface area contributed by atoms with Gasteiger partial charge < -0.3 is 9.64 Å². The van der Waals surface area contributed by atoms with Gasteiger partial charge in [0.2, 0.25) is 5.91 Å². The van der Waals surface area contributed by atoms with Gasteiger partial charge >= 0.3 is 0 Å². The molecule has 0 bridgehead atoms. The van der Waals surface area contributed by atoms with Crippen molar-refractivity contribution in [2.75, 3.05) is 20.2 Å². The standard InChI is InChI=1S/C24H29NO4/c1-5-7-17-12-18(6-2)22(21(13-17)29-4)23-19(27)14-24(15-20(23)28)8-10-25(11-9-24)16(3)26/h12-13,23H,6,8-11,14-15H2,1-4H3. The number of aryl methyl sites for hydroxylation is 1. The maximum atomic E-state index is 13.3. The third kappa shape index (κ3) is 4.07. The first-order valence-corrected chi connectivity index (χ1v) is 10.3. The van der Waals surface area contributed by atoms with Gasteiger partial charge in [0.15, 0.2) is 0 Å². The molecule has 1 amide bonds. The van der Waals surface area contributed by atoms with Crippen LogP contribution < -0.4 is 4.74 Å². The summed E-state index contributed by atoms with van der Waals surface area (Å²) in [6.07, 6.45) is 2.88. The highest BCUT2D eigenvalue weighted by molar-refractivity contribution is 6.11. The number of ether oxygens (including phenoxy) is 1. The summed E-state index contributed by atoms with van der Waals surface area (Å²) < 4.78 is 5.59. The number of methoxy groups -OCH3 is 1. The number of Topliss-reactive ketones (excluding diaryl/α,β-unsaturated/α-hetero) is 2. The van der Waals surface area contributed by atoms with Crippen LogP contribution in [-0.2, 0) is 20.8 Å². The molecule has 29 heavy (non-hydrogen) atoms. The van der Waals surface area contributed by atoms with Crippen LogP contribution in [0.25, 0.3) is 0 Å². The van der Waals surface area contributed by atoms with Crippen molar-refractivity contribution in [1.82, 2.24) is 4.90 Å². The molecule has 1 aromatic carbocycles. The monoisotopic (exact) mass is 395 g/mol. The summed E-state index contributed by atoms with van der Waals surface area (Å²) >= 11 is 0. The fourth-order valence-electron chi connectivity index (χ4n) is 4.85. The predicted octanol–water partition coefficient (Wildman–Crippen LogP) is 3.27. The maximum Gasteiger partial charge on any atom is 0.219 e. The third-order valence-electron chi connectivity index (χ3n) is 6.40. The largest absolute Gasteiger partial charge is 0.496 e. The van der Waals surface area contributed by atoms with E-state index < -0.39 is 5.92 Å². The number of amides is 1. The fourth-order valence-corrected chi connectivity index (χ4v) is 4.85. The van der Waals surface area contributed by atoms with Crippen molar-refractivity contribution >= 4 is 17.5 Å². The van der Waals surface area contributed by atoms with Crippen molar-refractivity contribution in [2.24, 2.45) is 5.41 Å². The molecular formula is C24H29NO4. The van der Waals surface area contributed by atoms with Gasteiger partial charge in [-0.15, -0.1) is 5.92 Å². The Labute approximate surface area is 172 Å². The minimum atomic E-state index is -0.764.